The molecule has 33 heavy (non-hydrogen) atoms. The van der Waals surface area contributed by atoms with Crippen LogP contribution in [-0.4, -0.2) is 89.3 Å². The van der Waals surface area contributed by atoms with Gasteiger partial charge < -0.3 is 20.1 Å². The zero-order valence-corrected chi connectivity index (χ0v) is 20.0. The van der Waals surface area contributed by atoms with Crippen LogP contribution in [0, 0.1) is 6.92 Å². The van der Waals surface area contributed by atoms with E-state index in [2.05, 4.69) is 34.6 Å². The highest BCUT2D eigenvalue weighted by Crippen LogP contribution is 2.27. The summed E-state index contributed by atoms with van der Waals surface area (Å²) in [5, 5.41) is 13.2. The average molecular weight is 473 g/mol. The molecule has 1 unspecified atom stereocenters. The highest BCUT2D eigenvalue weighted by atomic mass is 32.1. The van der Waals surface area contributed by atoms with E-state index in [1.54, 1.807) is 23.2 Å². The van der Waals surface area contributed by atoms with Gasteiger partial charge in [-0.15, -0.1) is 11.3 Å². The lowest BCUT2D eigenvalue weighted by Gasteiger charge is -2.38. The zero-order valence-electron chi connectivity index (χ0n) is 19.2. The van der Waals surface area contributed by atoms with Crippen molar-refractivity contribution in [2.75, 3.05) is 39.4 Å². The number of aliphatic hydroxyl groups is 1. The van der Waals surface area contributed by atoms with Gasteiger partial charge in [-0.1, -0.05) is 24.3 Å². The first-order valence-electron chi connectivity index (χ1n) is 11.5. The number of β-amino-alcohol motifs (C(OH)–C–C–N with tert-alkyl or cyclic N) is 1. The molecule has 2 N–H and O–H groups in total. The lowest BCUT2D eigenvalue weighted by molar-refractivity contribution is -0.138. The normalized spacial score (nSPS) is 23.6. The van der Waals surface area contributed by atoms with Gasteiger partial charge in [0.25, 0.3) is 0 Å². The number of morpholine rings is 1. The van der Waals surface area contributed by atoms with Crippen LogP contribution in [0.1, 0.15) is 24.6 Å². The van der Waals surface area contributed by atoms with Crippen molar-refractivity contribution in [3.63, 3.8) is 0 Å². The highest BCUT2D eigenvalue weighted by Gasteiger charge is 2.38. The molecule has 2 aliphatic heterocycles. The molecule has 2 aromatic rings. The van der Waals surface area contributed by atoms with Gasteiger partial charge in [0.05, 0.1) is 47.5 Å². The number of aliphatic hydroxyl groups excluding tert-OH is 1. The summed E-state index contributed by atoms with van der Waals surface area (Å²) in [5.74, 6) is -0.0601. The second-order valence-corrected chi connectivity index (χ2v) is 9.66. The molecule has 3 atom stereocenters. The van der Waals surface area contributed by atoms with Crippen LogP contribution < -0.4 is 5.32 Å². The van der Waals surface area contributed by atoms with Crippen LogP contribution >= 0.6 is 11.3 Å². The van der Waals surface area contributed by atoms with Crippen molar-refractivity contribution < 1.29 is 19.4 Å². The van der Waals surface area contributed by atoms with Crippen molar-refractivity contribution in [2.24, 2.45) is 0 Å². The molecule has 3 heterocycles. The first-order chi connectivity index (χ1) is 15.9. The van der Waals surface area contributed by atoms with E-state index >= 15 is 0 Å². The molecule has 2 aliphatic rings. The predicted molar refractivity (Wildman–Crippen MR) is 127 cm³/mol. The van der Waals surface area contributed by atoms with Crippen LogP contribution in [0.15, 0.2) is 29.8 Å². The minimum atomic E-state index is -0.543. The number of aryl methyl sites for hydroxylation is 1. The van der Waals surface area contributed by atoms with E-state index in [0.29, 0.717) is 45.8 Å². The molecule has 4 rings (SSSR count). The summed E-state index contributed by atoms with van der Waals surface area (Å²) in [4.78, 5) is 34.2. The summed E-state index contributed by atoms with van der Waals surface area (Å²) in [6, 6.07) is 7.88. The number of aromatic nitrogens is 1. The van der Waals surface area contributed by atoms with Gasteiger partial charge in [-0.3, -0.25) is 14.5 Å². The third-order valence-corrected chi connectivity index (χ3v) is 7.41. The van der Waals surface area contributed by atoms with E-state index in [9.17, 15) is 14.7 Å². The van der Waals surface area contributed by atoms with E-state index in [1.807, 2.05) is 17.3 Å². The number of likely N-dealkylation sites (tertiary alicyclic amines) is 1. The van der Waals surface area contributed by atoms with Crippen molar-refractivity contribution in [1.82, 2.24) is 20.1 Å². The third kappa shape index (κ3) is 5.78. The Hall–Kier alpha value is -2.33. The molecule has 2 saturated heterocycles. The Bertz CT molecular complexity index is 964. The lowest BCUT2D eigenvalue weighted by atomic mass is 10.1. The Balaban J connectivity index is 1.30. The second kappa shape index (κ2) is 10.7. The Morgan fingerprint density at radius 1 is 1.30 bits per heavy atom. The van der Waals surface area contributed by atoms with Crippen molar-refractivity contribution in [3.05, 3.63) is 41.0 Å². The Kier molecular flexibility index (Phi) is 7.75. The zero-order chi connectivity index (χ0) is 23.4. The summed E-state index contributed by atoms with van der Waals surface area (Å²) in [7, 11) is 0. The number of ether oxygens (including phenoxy) is 1. The maximum absolute atomic E-state index is 12.9. The number of hydrogen-bond acceptors (Lipinski definition) is 7. The van der Waals surface area contributed by atoms with E-state index < -0.39 is 12.1 Å². The van der Waals surface area contributed by atoms with Gasteiger partial charge in [-0.05, 0) is 30.9 Å². The first kappa shape index (κ1) is 23.8. The fourth-order valence-corrected chi connectivity index (χ4v) is 5.51. The van der Waals surface area contributed by atoms with Crippen molar-refractivity contribution in [1.29, 1.82) is 0 Å². The monoisotopic (exact) mass is 472 g/mol. The molecule has 1 aromatic heterocycles. The number of nitrogens with one attached hydrogen (secondary N) is 1. The van der Waals surface area contributed by atoms with Gasteiger partial charge >= 0.3 is 0 Å². The molecule has 178 valence electrons. The van der Waals surface area contributed by atoms with Crippen LogP contribution in [0.25, 0.3) is 10.4 Å². The molecule has 2 fully saturated rings. The number of nitrogens with zero attached hydrogens (tertiary/aromatic N) is 3. The largest absolute Gasteiger partial charge is 0.392 e. The number of carbonyl (C=O) groups is 2. The number of amides is 2. The Labute approximate surface area is 198 Å². The summed E-state index contributed by atoms with van der Waals surface area (Å²) in [6.45, 7) is 6.61. The minimum absolute atomic E-state index is 0.0144. The Morgan fingerprint density at radius 3 is 2.79 bits per heavy atom. The molecule has 8 nitrogen and oxygen atoms in total. The van der Waals surface area contributed by atoms with Gasteiger partial charge in [0, 0.05) is 33.1 Å². The van der Waals surface area contributed by atoms with E-state index in [-0.39, 0.29) is 17.9 Å². The van der Waals surface area contributed by atoms with Gasteiger partial charge in [-0.2, -0.15) is 0 Å². The number of rotatable bonds is 7. The SMILES string of the molecule is CC(=O)N1CCOC[C@H]1CN1C[C@H](O)CC1C(=O)NCCc1ccc(-c2scnc2C)cc1. The lowest BCUT2D eigenvalue weighted by Crippen LogP contribution is -2.55. The molecule has 1 aromatic carbocycles. The van der Waals surface area contributed by atoms with Crippen LogP contribution in [0.4, 0.5) is 0 Å². The fraction of sp³-hybridized carbons (Fsp3) is 0.542. The number of thiazole rings is 1. The van der Waals surface area contributed by atoms with Crippen molar-refractivity contribution >= 4 is 23.2 Å². The standard InChI is InChI=1S/C24H32N4O4S/c1-16-23(33-15-26-16)19-5-3-18(4-6-19)7-8-25-24(31)22-11-21(30)13-27(22)12-20-14-32-10-9-28(20)17(2)29/h3-6,15,20-22,30H,7-14H2,1-2H3,(H,25,31)/t20-,21-,22?/m1/s1. The molecule has 0 saturated carbocycles. The van der Waals surface area contributed by atoms with E-state index in [1.165, 1.54) is 4.88 Å². The van der Waals surface area contributed by atoms with Crippen LogP contribution in [0.3, 0.4) is 0 Å². The maximum Gasteiger partial charge on any atom is 0.237 e. The van der Waals surface area contributed by atoms with Crippen molar-refractivity contribution in [3.8, 4) is 10.4 Å². The molecular weight excluding hydrogens is 440 g/mol. The third-order valence-electron chi connectivity index (χ3n) is 6.44. The molecular formula is C24H32N4O4S. The molecule has 0 radical (unpaired) electrons. The van der Waals surface area contributed by atoms with Gasteiger partial charge in [0.2, 0.25) is 11.8 Å². The van der Waals surface area contributed by atoms with E-state index in [0.717, 1.165) is 23.2 Å². The van der Waals surface area contributed by atoms with Crippen LogP contribution in [0.2, 0.25) is 0 Å². The summed E-state index contributed by atoms with van der Waals surface area (Å²) in [5.41, 5.74) is 5.20. The van der Waals surface area contributed by atoms with Crippen LogP contribution in [-0.2, 0) is 20.7 Å². The molecule has 9 heteroatoms. The predicted octanol–water partition coefficient (Wildman–Crippen LogP) is 1.46. The fourth-order valence-electron chi connectivity index (χ4n) is 4.69. The highest BCUT2D eigenvalue weighted by molar-refractivity contribution is 7.13. The first-order valence-corrected chi connectivity index (χ1v) is 12.3. The molecule has 0 bridgehead atoms. The average Bonchev–Trinajstić information content (AvgIpc) is 3.39. The minimum Gasteiger partial charge on any atom is -0.392 e. The summed E-state index contributed by atoms with van der Waals surface area (Å²) >= 11 is 1.64. The Morgan fingerprint density at radius 2 is 2.09 bits per heavy atom. The summed E-state index contributed by atoms with van der Waals surface area (Å²) in [6.07, 6.45) is 0.596. The van der Waals surface area contributed by atoms with Crippen LogP contribution in [0.5, 0.6) is 0 Å². The number of benzene rings is 1. The molecule has 0 aliphatic carbocycles. The number of carbonyl (C=O) groups excluding carboxylic acids is 2. The number of hydrogen-bond donors (Lipinski definition) is 2. The molecule has 2 amide bonds. The maximum atomic E-state index is 12.9. The van der Waals surface area contributed by atoms with E-state index in [4.69, 9.17) is 4.74 Å². The molecule has 0 spiro atoms. The van der Waals surface area contributed by atoms with Gasteiger partial charge in [-0.25, -0.2) is 4.98 Å². The smallest absolute Gasteiger partial charge is 0.237 e. The second-order valence-electron chi connectivity index (χ2n) is 8.81. The topological polar surface area (TPSA) is 95.0 Å². The summed E-state index contributed by atoms with van der Waals surface area (Å²) < 4.78 is 5.56. The quantitative estimate of drug-likeness (QED) is 0.634. The van der Waals surface area contributed by atoms with Gasteiger partial charge in [0.15, 0.2) is 0 Å². The van der Waals surface area contributed by atoms with Crippen molar-refractivity contribution in [2.45, 2.75) is 44.9 Å². The van der Waals surface area contributed by atoms with Gasteiger partial charge in [0.1, 0.15) is 0 Å².